The number of aromatic nitrogens is 2. The molecule has 0 saturated heterocycles. The van der Waals surface area contributed by atoms with Crippen molar-refractivity contribution in [2.75, 3.05) is 13.2 Å². The summed E-state index contributed by atoms with van der Waals surface area (Å²) < 4.78 is 13.4. The highest BCUT2D eigenvalue weighted by Gasteiger charge is 2.28. The molecule has 2 aliphatic rings. The number of para-hydroxylation sites is 1. The maximum absolute atomic E-state index is 13.2. The molecule has 1 aromatic heterocycles. The average molecular weight is 375 g/mol. The van der Waals surface area contributed by atoms with Gasteiger partial charge in [0.1, 0.15) is 24.8 Å². The van der Waals surface area contributed by atoms with Crippen LogP contribution >= 0.6 is 0 Å². The second-order valence-electron chi connectivity index (χ2n) is 7.09. The van der Waals surface area contributed by atoms with Crippen molar-refractivity contribution in [1.82, 2.24) is 14.9 Å². The van der Waals surface area contributed by atoms with Gasteiger partial charge in [-0.3, -0.25) is 4.79 Å². The first-order valence-corrected chi connectivity index (χ1v) is 9.54. The van der Waals surface area contributed by atoms with E-state index in [1.165, 1.54) is 0 Å². The minimum Gasteiger partial charge on any atom is -0.491 e. The fourth-order valence-electron chi connectivity index (χ4n) is 3.89. The monoisotopic (exact) mass is 375 g/mol. The van der Waals surface area contributed by atoms with E-state index in [0.717, 1.165) is 34.8 Å². The van der Waals surface area contributed by atoms with E-state index in [4.69, 9.17) is 9.47 Å². The molecule has 0 bridgehead atoms. The number of ether oxygens (including phenoxy) is 2. The van der Waals surface area contributed by atoms with E-state index in [1.807, 2.05) is 54.6 Å². The van der Waals surface area contributed by atoms with Gasteiger partial charge in [0.25, 0.3) is 5.91 Å². The summed E-state index contributed by atoms with van der Waals surface area (Å²) in [5.74, 6) is 1.52. The molecule has 2 aromatic carbocycles. The summed E-state index contributed by atoms with van der Waals surface area (Å²) in [4.78, 5) is 17.8. The topological polar surface area (TPSA) is 65.4 Å². The zero-order chi connectivity index (χ0) is 18.9. The van der Waals surface area contributed by atoms with Gasteiger partial charge in [-0.25, -0.2) is 4.98 Å². The van der Waals surface area contributed by atoms with Gasteiger partial charge in [0, 0.05) is 12.1 Å². The van der Waals surface area contributed by atoms with Gasteiger partial charge in [-0.1, -0.05) is 48.5 Å². The zero-order valence-electron chi connectivity index (χ0n) is 15.4. The quantitative estimate of drug-likeness (QED) is 0.765. The number of imidazole rings is 1. The van der Waals surface area contributed by atoms with Crippen LogP contribution in [-0.4, -0.2) is 34.7 Å². The van der Waals surface area contributed by atoms with Gasteiger partial charge in [0.05, 0.1) is 18.3 Å². The third-order valence-electron chi connectivity index (χ3n) is 5.21. The lowest BCUT2D eigenvalue weighted by atomic mass is 10.0. The highest BCUT2D eigenvalue weighted by Crippen LogP contribution is 2.28. The number of carbonyl (C=O) groups is 1. The van der Waals surface area contributed by atoms with Crippen LogP contribution in [0.25, 0.3) is 11.3 Å². The van der Waals surface area contributed by atoms with Crippen LogP contribution in [0.3, 0.4) is 0 Å². The van der Waals surface area contributed by atoms with Crippen molar-refractivity contribution in [3.63, 3.8) is 0 Å². The Bertz CT molecular complexity index is 1010. The molecular weight excluding hydrogens is 354 g/mol. The summed E-state index contributed by atoms with van der Waals surface area (Å²) in [7, 11) is 0. The molecule has 6 heteroatoms. The van der Waals surface area contributed by atoms with Gasteiger partial charge in [-0.2, -0.15) is 0 Å². The molecule has 28 heavy (non-hydrogen) atoms. The summed E-state index contributed by atoms with van der Waals surface area (Å²) in [6.45, 7) is 2.20. The number of carbonyl (C=O) groups excluding carboxylic acids is 1. The number of hydrogen-bond acceptors (Lipinski definition) is 4. The smallest absolute Gasteiger partial charge is 0.272 e. The molecule has 0 saturated carbocycles. The fraction of sp³-hybridized carbons (Fsp3) is 0.273. The Labute approximate surface area is 163 Å². The molecule has 1 N–H and O–H groups in total. The Hall–Kier alpha value is -3.12. The summed E-state index contributed by atoms with van der Waals surface area (Å²) in [5.41, 5.74) is 3.40. The standard InChI is InChI=1S/C22H21N3O3/c26-22(23-17-12-16-8-4-5-9-18(16)28-13-17)20-21(15-6-2-1-3-7-15)25-10-11-27-14-19(25)24-20/h1-9,17H,10-14H2,(H,23,26)/t17-/m1/s1. The van der Waals surface area contributed by atoms with Gasteiger partial charge in [0.15, 0.2) is 5.69 Å². The fourth-order valence-corrected chi connectivity index (χ4v) is 3.89. The van der Waals surface area contributed by atoms with Gasteiger partial charge in [0.2, 0.25) is 0 Å². The Morgan fingerprint density at radius 3 is 2.82 bits per heavy atom. The average Bonchev–Trinajstić information content (AvgIpc) is 3.14. The van der Waals surface area contributed by atoms with Crippen molar-refractivity contribution in [3.05, 3.63) is 71.7 Å². The van der Waals surface area contributed by atoms with Crippen LogP contribution < -0.4 is 10.1 Å². The van der Waals surface area contributed by atoms with Gasteiger partial charge < -0.3 is 19.4 Å². The molecule has 5 rings (SSSR count). The minimum atomic E-state index is -0.172. The lowest BCUT2D eigenvalue weighted by molar-refractivity contribution is 0.0820. The van der Waals surface area contributed by atoms with Gasteiger partial charge in [-0.05, 0) is 18.1 Å². The first-order chi connectivity index (χ1) is 13.8. The number of benzene rings is 2. The SMILES string of the molecule is O=C(N[C@H]1COc2ccccc2C1)c1nc2n(c1-c1ccccc1)CCOC2. The highest BCUT2D eigenvalue weighted by atomic mass is 16.5. The van der Waals surface area contributed by atoms with Crippen LogP contribution in [0, 0.1) is 0 Å². The lowest BCUT2D eigenvalue weighted by Gasteiger charge is -2.26. The van der Waals surface area contributed by atoms with E-state index in [1.54, 1.807) is 0 Å². The number of hydrogen-bond donors (Lipinski definition) is 1. The van der Waals surface area contributed by atoms with Crippen molar-refractivity contribution in [2.24, 2.45) is 0 Å². The Kier molecular flexibility index (Phi) is 4.33. The van der Waals surface area contributed by atoms with Gasteiger partial charge in [-0.15, -0.1) is 0 Å². The van der Waals surface area contributed by atoms with Crippen LogP contribution in [0.1, 0.15) is 21.9 Å². The molecule has 1 amide bonds. The summed E-state index contributed by atoms with van der Waals surface area (Å²) in [5, 5.41) is 3.11. The van der Waals surface area contributed by atoms with Crippen LogP contribution in [0.5, 0.6) is 5.75 Å². The number of fused-ring (bicyclic) bond motifs is 2. The third-order valence-corrected chi connectivity index (χ3v) is 5.21. The number of nitrogens with zero attached hydrogens (tertiary/aromatic N) is 2. The molecular formula is C22H21N3O3. The van der Waals surface area contributed by atoms with E-state index < -0.39 is 0 Å². The second-order valence-corrected chi connectivity index (χ2v) is 7.09. The van der Waals surface area contributed by atoms with E-state index in [0.29, 0.717) is 32.1 Å². The molecule has 1 atom stereocenters. The maximum Gasteiger partial charge on any atom is 0.272 e. The molecule has 0 unspecified atom stereocenters. The summed E-state index contributed by atoms with van der Waals surface area (Å²) >= 11 is 0. The van der Waals surface area contributed by atoms with Crippen LogP contribution in [0.4, 0.5) is 0 Å². The van der Waals surface area contributed by atoms with E-state index in [2.05, 4.69) is 14.9 Å². The number of nitrogens with one attached hydrogen (secondary N) is 1. The van der Waals surface area contributed by atoms with Crippen molar-refractivity contribution < 1.29 is 14.3 Å². The Morgan fingerprint density at radius 1 is 1.11 bits per heavy atom. The Morgan fingerprint density at radius 2 is 1.93 bits per heavy atom. The van der Waals surface area contributed by atoms with Crippen molar-refractivity contribution >= 4 is 5.91 Å². The number of rotatable bonds is 3. The molecule has 0 fully saturated rings. The summed E-state index contributed by atoms with van der Waals surface area (Å²) in [6.07, 6.45) is 0.749. The highest BCUT2D eigenvalue weighted by molar-refractivity contribution is 5.98. The van der Waals surface area contributed by atoms with E-state index in [-0.39, 0.29) is 11.9 Å². The molecule has 3 heterocycles. The van der Waals surface area contributed by atoms with Crippen molar-refractivity contribution in [1.29, 1.82) is 0 Å². The molecule has 2 aliphatic heterocycles. The zero-order valence-corrected chi connectivity index (χ0v) is 15.4. The first-order valence-electron chi connectivity index (χ1n) is 9.54. The normalized spacial score (nSPS) is 17.9. The predicted molar refractivity (Wildman–Crippen MR) is 104 cm³/mol. The van der Waals surface area contributed by atoms with Gasteiger partial charge >= 0.3 is 0 Å². The molecule has 142 valence electrons. The van der Waals surface area contributed by atoms with Crippen molar-refractivity contribution in [2.45, 2.75) is 25.6 Å². The van der Waals surface area contributed by atoms with Crippen LogP contribution in [0.2, 0.25) is 0 Å². The molecule has 0 radical (unpaired) electrons. The third kappa shape index (κ3) is 3.05. The lowest BCUT2D eigenvalue weighted by Crippen LogP contribution is -2.43. The largest absolute Gasteiger partial charge is 0.491 e. The van der Waals surface area contributed by atoms with Crippen LogP contribution in [-0.2, 0) is 24.3 Å². The second kappa shape index (κ2) is 7.13. The van der Waals surface area contributed by atoms with E-state index >= 15 is 0 Å². The Balaban J connectivity index is 1.45. The predicted octanol–water partition coefficient (Wildman–Crippen LogP) is 2.81. The van der Waals surface area contributed by atoms with Crippen molar-refractivity contribution in [3.8, 4) is 17.0 Å². The molecule has 3 aromatic rings. The minimum absolute atomic E-state index is 0.0824. The molecule has 6 nitrogen and oxygen atoms in total. The molecule has 0 spiro atoms. The molecule has 0 aliphatic carbocycles. The summed E-state index contributed by atoms with van der Waals surface area (Å²) in [6, 6.07) is 17.8. The van der Waals surface area contributed by atoms with E-state index in [9.17, 15) is 4.79 Å². The van der Waals surface area contributed by atoms with Crippen LogP contribution in [0.15, 0.2) is 54.6 Å². The first kappa shape index (κ1) is 17.0. The number of amides is 1. The maximum atomic E-state index is 13.2.